The lowest BCUT2D eigenvalue weighted by Gasteiger charge is -2.38. The van der Waals surface area contributed by atoms with Crippen LogP contribution in [0, 0.1) is 0 Å². The van der Waals surface area contributed by atoms with E-state index in [0.29, 0.717) is 13.2 Å². The van der Waals surface area contributed by atoms with Crippen molar-refractivity contribution < 1.29 is 37.6 Å². The lowest BCUT2D eigenvalue weighted by molar-refractivity contribution is -0.917. The monoisotopic (exact) mass is 388 g/mol. The van der Waals surface area contributed by atoms with Crippen LogP contribution in [0.15, 0.2) is 0 Å². The second-order valence-corrected chi connectivity index (χ2v) is 9.19. The molecule has 5 atom stereocenters. The van der Waals surface area contributed by atoms with E-state index >= 15 is 0 Å². The van der Waals surface area contributed by atoms with Gasteiger partial charge in [-0.3, -0.25) is 0 Å². The van der Waals surface area contributed by atoms with Gasteiger partial charge >= 0.3 is 0 Å². The van der Waals surface area contributed by atoms with Gasteiger partial charge in [0.25, 0.3) is 0 Å². The van der Waals surface area contributed by atoms with E-state index in [9.17, 15) is 0 Å². The predicted octanol–water partition coefficient (Wildman–Crippen LogP) is 0.876. The van der Waals surface area contributed by atoms with Crippen LogP contribution in [-0.2, 0) is 33.2 Å². The van der Waals surface area contributed by atoms with E-state index in [1.165, 1.54) is 0 Å². The maximum absolute atomic E-state index is 6.17. The molecule has 4 rings (SSSR count). The Kier molecular flexibility index (Phi) is 5.31. The summed E-state index contributed by atoms with van der Waals surface area (Å²) in [7, 11) is 2.26. The summed E-state index contributed by atoms with van der Waals surface area (Å²) in [4.78, 5) is 0. The molecule has 0 unspecified atom stereocenters. The summed E-state index contributed by atoms with van der Waals surface area (Å²) in [6.45, 7) is 13.4. The number of likely N-dealkylation sites (N-methyl/N-ethyl adjacent to an activating group) is 1. The Labute approximate surface area is 161 Å². The van der Waals surface area contributed by atoms with Crippen LogP contribution < -0.4 is 0 Å². The number of hydrogen-bond donors (Lipinski definition) is 0. The fourth-order valence-electron chi connectivity index (χ4n) is 4.32. The maximum atomic E-state index is 6.17. The van der Waals surface area contributed by atoms with E-state index in [1.54, 1.807) is 0 Å². The molecule has 0 N–H and O–H groups in total. The van der Waals surface area contributed by atoms with Gasteiger partial charge in [0, 0.05) is 0 Å². The lowest BCUT2D eigenvalue weighted by Crippen LogP contribution is -2.56. The minimum atomic E-state index is -0.694. The van der Waals surface area contributed by atoms with Crippen molar-refractivity contribution in [2.45, 2.75) is 70.0 Å². The molecule has 4 aliphatic heterocycles. The van der Waals surface area contributed by atoms with Crippen molar-refractivity contribution in [3.05, 3.63) is 0 Å². The zero-order valence-electron chi connectivity index (χ0n) is 17.1. The summed E-state index contributed by atoms with van der Waals surface area (Å²) < 4.78 is 42.8. The SMILES string of the molecule is CC1(C)O[C@H]2[C@@H](O1)[C@@H](COCC[N+]1(C)CCOCC1)O[C@@H]1OC(C)(C)O[C@@H]12. The molecular formula is C19H34NO7+. The largest absolute Gasteiger partial charge is 0.373 e. The molecule has 4 heterocycles. The zero-order valence-corrected chi connectivity index (χ0v) is 17.1. The average molecular weight is 388 g/mol. The Balaban J connectivity index is 1.34. The second kappa shape index (κ2) is 7.18. The van der Waals surface area contributed by atoms with Gasteiger partial charge in [0.15, 0.2) is 17.9 Å². The Bertz CT molecular complexity index is 534. The number of morpholine rings is 1. The van der Waals surface area contributed by atoms with Crippen LogP contribution in [0.25, 0.3) is 0 Å². The first-order chi connectivity index (χ1) is 12.7. The first-order valence-corrected chi connectivity index (χ1v) is 10.0. The number of quaternary nitrogens is 1. The van der Waals surface area contributed by atoms with Crippen LogP contribution in [0.4, 0.5) is 0 Å². The number of hydrogen-bond acceptors (Lipinski definition) is 7. The summed E-state index contributed by atoms with van der Waals surface area (Å²) in [5, 5.41) is 0. The molecule has 8 heteroatoms. The van der Waals surface area contributed by atoms with Crippen LogP contribution in [-0.4, -0.2) is 99.9 Å². The highest BCUT2D eigenvalue weighted by atomic mass is 16.9. The standard InChI is InChI=1S/C19H34NO7/c1-18(2)24-14-13(12-22-11-8-20(5)6-9-21-10-7-20)23-17-16(15(14)25-18)26-19(3,4)27-17/h13-17H,6-12H2,1-5H3/q+1/t13-,14+,15+,16-,17-/m1/s1. The third kappa shape index (κ3) is 4.33. The van der Waals surface area contributed by atoms with Crippen molar-refractivity contribution in [1.82, 2.24) is 0 Å². The first kappa shape index (κ1) is 20.0. The third-order valence-corrected chi connectivity index (χ3v) is 5.86. The number of fused-ring (bicyclic) bond motifs is 3. The molecule has 0 amide bonds. The number of rotatable bonds is 5. The minimum Gasteiger partial charge on any atom is -0.373 e. The Morgan fingerprint density at radius 2 is 1.52 bits per heavy atom. The van der Waals surface area contributed by atoms with Crippen molar-refractivity contribution in [1.29, 1.82) is 0 Å². The van der Waals surface area contributed by atoms with Gasteiger partial charge in [-0.25, -0.2) is 0 Å². The molecule has 0 bridgehead atoms. The molecule has 0 spiro atoms. The van der Waals surface area contributed by atoms with Crippen molar-refractivity contribution in [3.8, 4) is 0 Å². The smallest absolute Gasteiger partial charge is 0.190 e. The number of nitrogens with zero attached hydrogens (tertiary/aromatic N) is 1. The van der Waals surface area contributed by atoms with Gasteiger partial charge in [0.2, 0.25) is 0 Å². The van der Waals surface area contributed by atoms with Crippen LogP contribution in [0.3, 0.4) is 0 Å². The molecule has 0 aliphatic carbocycles. The maximum Gasteiger partial charge on any atom is 0.190 e. The predicted molar refractivity (Wildman–Crippen MR) is 94.9 cm³/mol. The van der Waals surface area contributed by atoms with Gasteiger partial charge in [-0.1, -0.05) is 0 Å². The fourth-order valence-corrected chi connectivity index (χ4v) is 4.32. The Morgan fingerprint density at radius 3 is 2.26 bits per heavy atom. The summed E-state index contributed by atoms with van der Waals surface area (Å²) in [6.07, 6.45) is -1.45. The molecule has 0 radical (unpaired) electrons. The molecule has 0 aromatic carbocycles. The van der Waals surface area contributed by atoms with Gasteiger partial charge < -0.3 is 37.6 Å². The Hall–Kier alpha value is -0.320. The molecule has 4 fully saturated rings. The minimum absolute atomic E-state index is 0.224. The average Bonchev–Trinajstić information content (AvgIpc) is 3.06. The summed E-state index contributed by atoms with van der Waals surface area (Å²) in [5.41, 5.74) is 0. The van der Waals surface area contributed by atoms with Crippen molar-refractivity contribution in [3.63, 3.8) is 0 Å². The highest BCUT2D eigenvalue weighted by Crippen LogP contribution is 2.44. The van der Waals surface area contributed by atoms with Crippen LogP contribution in [0.2, 0.25) is 0 Å². The van der Waals surface area contributed by atoms with Crippen molar-refractivity contribution in [2.75, 3.05) is 53.1 Å². The van der Waals surface area contributed by atoms with Gasteiger partial charge in [-0.2, -0.15) is 0 Å². The third-order valence-electron chi connectivity index (χ3n) is 5.86. The molecule has 27 heavy (non-hydrogen) atoms. The van der Waals surface area contributed by atoms with Gasteiger partial charge in [0.1, 0.15) is 44.1 Å². The zero-order chi connectivity index (χ0) is 19.3. The highest BCUT2D eigenvalue weighted by molar-refractivity contribution is 5.00. The summed E-state index contributed by atoms with van der Waals surface area (Å²) >= 11 is 0. The molecule has 0 saturated carbocycles. The van der Waals surface area contributed by atoms with Gasteiger partial charge in [-0.05, 0) is 27.7 Å². The molecule has 0 aromatic heterocycles. The molecule has 0 aromatic rings. The van der Waals surface area contributed by atoms with E-state index in [4.69, 9.17) is 33.2 Å². The van der Waals surface area contributed by atoms with Crippen molar-refractivity contribution >= 4 is 0 Å². The first-order valence-electron chi connectivity index (χ1n) is 10.0. The highest BCUT2D eigenvalue weighted by Gasteiger charge is 2.60. The van der Waals surface area contributed by atoms with Gasteiger partial charge in [0.05, 0.1) is 33.5 Å². The van der Waals surface area contributed by atoms with E-state index < -0.39 is 17.9 Å². The number of ether oxygens (including phenoxy) is 7. The molecule has 8 nitrogen and oxygen atoms in total. The Morgan fingerprint density at radius 1 is 0.889 bits per heavy atom. The molecular weight excluding hydrogens is 354 g/mol. The normalized spacial score (nSPS) is 41.9. The fraction of sp³-hybridized carbons (Fsp3) is 1.00. The van der Waals surface area contributed by atoms with Gasteiger partial charge in [-0.15, -0.1) is 0 Å². The van der Waals surface area contributed by atoms with Crippen molar-refractivity contribution in [2.24, 2.45) is 0 Å². The molecule has 4 aliphatic rings. The van der Waals surface area contributed by atoms with Crippen LogP contribution in [0.1, 0.15) is 27.7 Å². The topological polar surface area (TPSA) is 64.6 Å². The quantitative estimate of drug-likeness (QED) is 0.512. The second-order valence-electron chi connectivity index (χ2n) is 9.19. The van der Waals surface area contributed by atoms with E-state index in [0.717, 1.165) is 37.3 Å². The van der Waals surface area contributed by atoms with Crippen LogP contribution >= 0.6 is 0 Å². The molecule has 156 valence electrons. The van der Waals surface area contributed by atoms with E-state index in [1.807, 2.05) is 27.7 Å². The lowest BCUT2D eigenvalue weighted by atomic mass is 9.99. The summed E-state index contributed by atoms with van der Waals surface area (Å²) in [5.74, 6) is -1.37. The van der Waals surface area contributed by atoms with Crippen LogP contribution in [0.5, 0.6) is 0 Å². The van der Waals surface area contributed by atoms with E-state index in [-0.39, 0.29) is 24.4 Å². The van der Waals surface area contributed by atoms with E-state index in [2.05, 4.69) is 7.05 Å². The molecule has 4 saturated heterocycles. The summed E-state index contributed by atoms with van der Waals surface area (Å²) in [6, 6.07) is 0.